The van der Waals surface area contributed by atoms with Crippen molar-refractivity contribution in [3.8, 4) is 34.2 Å². The number of benzene rings is 3. The molecule has 3 nitrogen and oxygen atoms in total. The lowest BCUT2D eigenvalue weighted by Gasteiger charge is -2.04. The molecular formula is C26H18N2OS. The van der Waals surface area contributed by atoms with Crippen molar-refractivity contribution in [3.63, 3.8) is 0 Å². The van der Waals surface area contributed by atoms with Crippen LogP contribution in [0.4, 0.5) is 0 Å². The van der Waals surface area contributed by atoms with Crippen LogP contribution in [-0.2, 0) is 6.42 Å². The van der Waals surface area contributed by atoms with E-state index in [4.69, 9.17) is 9.72 Å². The molecule has 0 radical (unpaired) electrons. The molecule has 1 aromatic heterocycles. The first-order valence-corrected chi connectivity index (χ1v) is 10.6. The van der Waals surface area contributed by atoms with Gasteiger partial charge in [-0.05, 0) is 58.5 Å². The van der Waals surface area contributed by atoms with Gasteiger partial charge in [0.1, 0.15) is 16.8 Å². The number of allylic oxidation sites excluding steroid dienone is 1. The molecular weight excluding hydrogens is 388 g/mol. The minimum absolute atomic E-state index is 0.558. The molecule has 0 N–H and O–H groups in total. The second-order valence-electron chi connectivity index (χ2n) is 7.19. The lowest BCUT2D eigenvalue weighted by atomic mass is 10.0. The van der Waals surface area contributed by atoms with Crippen LogP contribution >= 0.6 is 11.3 Å². The number of hydrogen-bond donors (Lipinski definition) is 0. The molecule has 0 saturated carbocycles. The summed E-state index contributed by atoms with van der Waals surface area (Å²) in [5, 5.41) is 12.4. The number of methoxy groups -OCH3 is 1. The van der Waals surface area contributed by atoms with E-state index in [1.54, 1.807) is 7.11 Å². The smallest absolute Gasteiger partial charge is 0.134 e. The van der Waals surface area contributed by atoms with Crippen molar-refractivity contribution >= 4 is 23.0 Å². The first kappa shape index (κ1) is 18.4. The highest BCUT2D eigenvalue weighted by atomic mass is 32.1. The Hall–Kier alpha value is -3.68. The molecule has 0 bridgehead atoms. The third-order valence-electron chi connectivity index (χ3n) is 5.38. The average Bonchev–Trinajstić information content (AvgIpc) is 3.42. The van der Waals surface area contributed by atoms with Gasteiger partial charge in [0.15, 0.2) is 0 Å². The number of nitriles is 1. The average molecular weight is 407 g/mol. The van der Waals surface area contributed by atoms with E-state index in [1.807, 2.05) is 35.7 Å². The molecule has 0 atom stereocenters. The van der Waals surface area contributed by atoms with Crippen LogP contribution in [0.15, 0.2) is 72.1 Å². The number of rotatable bonds is 4. The van der Waals surface area contributed by atoms with Gasteiger partial charge >= 0.3 is 0 Å². The first-order chi connectivity index (χ1) is 14.7. The Morgan fingerprint density at radius 3 is 2.63 bits per heavy atom. The lowest BCUT2D eigenvalue weighted by Crippen LogP contribution is -1.86. The van der Waals surface area contributed by atoms with Crippen LogP contribution in [0.2, 0.25) is 0 Å². The summed E-state index contributed by atoms with van der Waals surface area (Å²) in [6, 6.07) is 25.0. The Bertz CT molecular complexity index is 1310. The fraction of sp³-hybridized carbons (Fsp3) is 0.0769. The molecule has 30 heavy (non-hydrogen) atoms. The molecule has 1 aliphatic rings. The van der Waals surface area contributed by atoms with E-state index in [0.29, 0.717) is 5.57 Å². The maximum Gasteiger partial charge on any atom is 0.134 e. The van der Waals surface area contributed by atoms with E-state index in [1.165, 1.54) is 33.6 Å². The number of hydrogen-bond acceptors (Lipinski definition) is 4. The van der Waals surface area contributed by atoms with E-state index in [-0.39, 0.29) is 0 Å². The number of fused-ring (bicyclic) bond motifs is 3. The van der Waals surface area contributed by atoms with E-state index in [9.17, 15) is 5.26 Å². The van der Waals surface area contributed by atoms with Crippen molar-refractivity contribution in [1.29, 1.82) is 5.26 Å². The van der Waals surface area contributed by atoms with Crippen molar-refractivity contribution in [3.05, 3.63) is 93.8 Å². The minimum atomic E-state index is 0.558. The Balaban J connectivity index is 1.47. The number of ether oxygens (including phenoxy) is 1. The molecule has 4 heteroatoms. The van der Waals surface area contributed by atoms with Crippen molar-refractivity contribution in [1.82, 2.24) is 4.98 Å². The lowest BCUT2D eigenvalue weighted by molar-refractivity contribution is 0.415. The fourth-order valence-corrected chi connectivity index (χ4v) is 4.62. The second-order valence-corrected chi connectivity index (χ2v) is 8.04. The Labute approximate surface area is 179 Å². The Morgan fingerprint density at radius 2 is 1.83 bits per heavy atom. The maximum atomic E-state index is 9.68. The standard InChI is InChI=1S/C26H18N2OS/c1-29-22-10-6-17(7-11-22)12-21(15-27)26-28-25(16-30-26)20-9-8-19-13-18-4-2-3-5-23(18)24(19)14-20/h2-12,14,16H,13H2,1H3/b21-12-. The first-order valence-electron chi connectivity index (χ1n) is 9.68. The van der Waals surface area contributed by atoms with Gasteiger partial charge in [-0.25, -0.2) is 4.98 Å². The molecule has 1 heterocycles. The molecule has 5 rings (SSSR count). The predicted octanol–water partition coefficient (Wildman–Crippen LogP) is 6.45. The zero-order chi connectivity index (χ0) is 20.5. The number of thiazole rings is 1. The molecule has 0 unspecified atom stereocenters. The maximum absolute atomic E-state index is 9.68. The largest absolute Gasteiger partial charge is 0.497 e. The van der Waals surface area contributed by atoms with Crippen LogP contribution in [0.1, 0.15) is 21.7 Å². The van der Waals surface area contributed by atoms with Gasteiger partial charge in [-0.1, -0.05) is 48.5 Å². The van der Waals surface area contributed by atoms with Crippen molar-refractivity contribution in [2.75, 3.05) is 7.11 Å². The highest BCUT2D eigenvalue weighted by Crippen LogP contribution is 2.39. The highest BCUT2D eigenvalue weighted by Gasteiger charge is 2.19. The van der Waals surface area contributed by atoms with Gasteiger partial charge in [-0.2, -0.15) is 5.26 Å². The molecule has 1 aliphatic carbocycles. The van der Waals surface area contributed by atoms with E-state index in [2.05, 4.69) is 48.5 Å². The summed E-state index contributed by atoms with van der Waals surface area (Å²) in [5.74, 6) is 0.792. The summed E-state index contributed by atoms with van der Waals surface area (Å²) in [6.45, 7) is 0. The molecule has 3 aromatic carbocycles. The summed E-state index contributed by atoms with van der Waals surface area (Å²) < 4.78 is 5.20. The zero-order valence-corrected chi connectivity index (χ0v) is 17.2. The molecule has 4 aromatic rings. The Kier molecular flexibility index (Phi) is 4.66. The highest BCUT2D eigenvalue weighted by molar-refractivity contribution is 7.11. The molecule has 0 saturated heterocycles. The molecule has 144 valence electrons. The van der Waals surface area contributed by atoms with Crippen LogP contribution in [0.5, 0.6) is 5.75 Å². The van der Waals surface area contributed by atoms with Gasteiger partial charge in [0.2, 0.25) is 0 Å². The summed E-state index contributed by atoms with van der Waals surface area (Å²) in [5.41, 5.74) is 8.80. The fourth-order valence-electron chi connectivity index (χ4n) is 3.82. The van der Waals surface area contributed by atoms with Crippen LogP contribution in [0.25, 0.3) is 34.0 Å². The monoisotopic (exact) mass is 406 g/mol. The van der Waals surface area contributed by atoms with Gasteiger partial charge in [0, 0.05) is 10.9 Å². The van der Waals surface area contributed by atoms with Crippen LogP contribution < -0.4 is 4.74 Å². The summed E-state index contributed by atoms with van der Waals surface area (Å²) >= 11 is 1.50. The van der Waals surface area contributed by atoms with Gasteiger partial charge < -0.3 is 4.74 Å². The van der Waals surface area contributed by atoms with E-state index >= 15 is 0 Å². The third-order valence-corrected chi connectivity index (χ3v) is 6.25. The van der Waals surface area contributed by atoms with Crippen LogP contribution in [-0.4, -0.2) is 12.1 Å². The van der Waals surface area contributed by atoms with Crippen LogP contribution in [0, 0.1) is 11.3 Å². The topological polar surface area (TPSA) is 45.9 Å². The molecule has 0 aliphatic heterocycles. The van der Waals surface area contributed by atoms with Gasteiger partial charge in [0.05, 0.1) is 18.4 Å². The van der Waals surface area contributed by atoms with Crippen molar-refractivity contribution in [2.45, 2.75) is 6.42 Å². The SMILES string of the molecule is COc1ccc(/C=C(/C#N)c2nc(-c3ccc4c(c3)-c3ccccc3C4)cs2)cc1. The zero-order valence-electron chi connectivity index (χ0n) is 16.4. The normalized spacial score (nSPS) is 12.2. The quantitative estimate of drug-likeness (QED) is 0.322. The van der Waals surface area contributed by atoms with Gasteiger partial charge in [0.25, 0.3) is 0 Å². The molecule has 0 amide bonds. The van der Waals surface area contributed by atoms with E-state index in [0.717, 1.165) is 34.0 Å². The van der Waals surface area contributed by atoms with E-state index < -0.39 is 0 Å². The van der Waals surface area contributed by atoms with Gasteiger partial charge in [-0.3, -0.25) is 0 Å². The second kappa shape index (κ2) is 7.62. The Morgan fingerprint density at radius 1 is 1.03 bits per heavy atom. The number of nitrogens with zero attached hydrogens (tertiary/aromatic N) is 2. The summed E-state index contributed by atoms with van der Waals surface area (Å²) in [4.78, 5) is 4.77. The molecule has 0 fully saturated rings. The summed E-state index contributed by atoms with van der Waals surface area (Å²) in [6.07, 6.45) is 2.85. The number of aromatic nitrogens is 1. The minimum Gasteiger partial charge on any atom is -0.497 e. The summed E-state index contributed by atoms with van der Waals surface area (Å²) in [7, 11) is 1.64. The van der Waals surface area contributed by atoms with Gasteiger partial charge in [-0.15, -0.1) is 11.3 Å². The molecule has 0 spiro atoms. The predicted molar refractivity (Wildman–Crippen MR) is 122 cm³/mol. The van der Waals surface area contributed by atoms with Crippen molar-refractivity contribution < 1.29 is 4.74 Å². The van der Waals surface area contributed by atoms with Crippen molar-refractivity contribution in [2.24, 2.45) is 0 Å². The third kappa shape index (κ3) is 3.30. The van der Waals surface area contributed by atoms with Crippen LogP contribution in [0.3, 0.4) is 0 Å².